The van der Waals surface area contributed by atoms with E-state index in [2.05, 4.69) is 0 Å². The Hall–Kier alpha value is -2.27. The van der Waals surface area contributed by atoms with Gasteiger partial charge in [0.1, 0.15) is 11.5 Å². The Morgan fingerprint density at radius 3 is 2.48 bits per heavy atom. The van der Waals surface area contributed by atoms with Gasteiger partial charge in [-0.25, -0.2) is 0 Å². The number of ether oxygens (including phenoxy) is 1. The molecule has 5 heteroatoms. The van der Waals surface area contributed by atoms with Crippen molar-refractivity contribution in [3.8, 4) is 5.75 Å². The summed E-state index contributed by atoms with van der Waals surface area (Å²) in [6, 6.07) is 8.74. The summed E-state index contributed by atoms with van der Waals surface area (Å²) in [7, 11) is 3.26. The molecule has 0 bridgehead atoms. The number of rotatable bonds is 6. The summed E-state index contributed by atoms with van der Waals surface area (Å²) < 4.78 is 10.8. The first-order valence-corrected chi connectivity index (χ1v) is 7.63. The fraction of sp³-hybridized carbons (Fsp3) is 0.389. The standard InChI is InChI=1S/C18H23NO4/c1-5-14-10-12(2)17(23-14)18(21)19(3)16(11-20)13-6-8-15(22-4)9-7-13/h6-10,16,20H,5,11H2,1-4H3. The molecule has 23 heavy (non-hydrogen) atoms. The number of furan rings is 1. The van der Waals surface area contributed by atoms with E-state index in [1.165, 1.54) is 4.90 Å². The van der Waals surface area contributed by atoms with Gasteiger partial charge in [-0.3, -0.25) is 4.79 Å². The van der Waals surface area contributed by atoms with Gasteiger partial charge in [0, 0.05) is 19.0 Å². The van der Waals surface area contributed by atoms with E-state index in [1.807, 2.05) is 44.2 Å². The van der Waals surface area contributed by atoms with Gasteiger partial charge in [0.25, 0.3) is 5.91 Å². The Kier molecular flexibility index (Phi) is 5.45. The molecule has 1 aromatic carbocycles. The van der Waals surface area contributed by atoms with Crippen LogP contribution in [0.25, 0.3) is 0 Å². The van der Waals surface area contributed by atoms with E-state index in [-0.39, 0.29) is 12.5 Å². The topological polar surface area (TPSA) is 62.9 Å². The summed E-state index contributed by atoms with van der Waals surface area (Å²) in [5.74, 6) is 1.60. The second kappa shape index (κ2) is 7.33. The van der Waals surface area contributed by atoms with Crippen molar-refractivity contribution < 1.29 is 19.1 Å². The molecule has 0 aliphatic rings. The molecule has 1 N–H and O–H groups in total. The molecule has 0 saturated carbocycles. The summed E-state index contributed by atoms with van der Waals surface area (Å²) in [4.78, 5) is 14.2. The number of hydrogen-bond donors (Lipinski definition) is 1. The average molecular weight is 317 g/mol. The number of aryl methyl sites for hydroxylation is 2. The van der Waals surface area contributed by atoms with Gasteiger partial charge in [0.2, 0.25) is 0 Å². The first-order chi connectivity index (χ1) is 11.0. The van der Waals surface area contributed by atoms with E-state index in [1.54, 1.807) is 14.2 Å². The number of aliphatic hydroxyl groups excluding tert-OH is 1. The number of benzene rings is 1. The third-order valence-electron chi connectivity index (χ3n) is 3.97. The molecular weight excluding hydrogens is 294 g/mol. The maximum Gasteiger partial charge on any atom is 0.290 e. The maximum atomic E-state index is 12.7. The first-order valence-electron chi connectivity index (χ1n) is 7.63. The van der Waals surface area contributed by atoms with E-state index in [0.717, 1.165) is 29.1 Å². The van der Waals surface area contributed by atoms with Gasteiger partial charge < -0.3 is 19.2 Å². The summed E-state index contributed by atoms with van der Waals surface area (Å²) in [5, 5.41) is 9.74. The van der Waals surface area contributed by atoms with Gasteiger partial charge in [-0.1, -0.05) is 19.1 Å². The van der Waals surface area contributed by atoms with Crippen LogP contribution in [0.4, 0.5) is 0 Å². The van der Waals surface area contributed by atoms with E-state index in [4.69, 9.17) is 9.15 Å². The molecular formula is C18H23NO4. The lowest BCUT2D eigenvalue weighted by Crippen LogP contribution is -2.33. The van der Waals surface area contributed by atoms with Gasteiger partial charge in [-0.15, -0.1) is 0 Å². The largest absolute Gasteiger partial charge is 0.497 e. The summed E-state index contributed by atoms with van der Waals surface area (Å²) in [6.45, 7) is 3.66. The molecule has 1 heterocycles. The highest BCUT2D eigenvalue weighted by atomic mass is 16.5. The van der Waals surface area contributed by atoms with Crippen molar-refractivity contribution >= 4 is 5.91 Å². The fourth-order valence-corrected chi connectivity index (χ4v) is 2.51. The zero-order valence-electron chi connectivity index (χ0n) is 14.0. The van der Waals surface area contributed by atoms with Crippen molar-refractivity contribution in [2.24, 2.45) is 0 Å². The first kappa shape index (κ1) is 17.1. The number of carbonyl (C=O) groups excluding carboxylic acids is 1. The molecule has 2 rings (SSSR count). The number of likely N-dealkylation sites (N-methyl/N-ethyl adjacent to an activating group) is 1. The van der Waals surface area contributed by atoms with E-state index in [0.29, 0.717) is 5.76 Å². The molecule has 0 radical (unpaired) electrons. The van der Waals surface area contributed by atoms with Gasteiger partial charge in [-0.2, -0.15) is 0 Å². The van der Waals surface area contributed by atoms with Crippen LogP contribution in [0.3, 0.4) is 0 Å². The van der Waals surface area contributed by atoms with Crippen molar-refractivity contribution in [1.29, 1.82) is 0 Å². The predicted molar refractivity (Wildman–Crippen MR) is 87.7 cm³/mol. The molecule has 1 atom stereocenters. The number of hydrogen-bond acceptors (Lipinski definition) is 4. The normalized spacial score (nSPS) is 12.0. The lowest BCUT2D eigenvalue weighted by atomic mass is 10.1. The summed E-state index contributed by atoms with van der Waals surface area (Å²) >= 11 is 0. The van der Waals surface area contributed by atoms with Crippen molar-refractivity contribution in [3.63, 3.8) is 0 Å². The van der Waals surface area contributed by atoms with Crippen molar-refractivity contribution in [2.45, 2.75) is 26.3 Å². The molecule has 5 nitrogen and oxygen atoms in total. The second-order valence-corrected chi connectivity index (χ2v) is 5.47. The van der Waals surface area contributed by atoms with E-state index < -0.39 is 6.04 Å². The smallest absolute Gasteiger partial charge is 0.290 e. The number of nitrogens with zero attached hydrogens (tertiary/aromatic N) is 1. The van der Waals surface area contributed by atoms with Crippen LogP contribution in [0.1, 0.15) is 40.4 Å². The van der Waals surface area contributed by atoms with Crippen LogP contribution in [-0.4, -0.2) is 36.7 Å². The number of aliphatic hydroxyl groups is 1. The van der Waals surface area contributed by atoms with Gasteiger partial charge in [-0.05, 0) is 30.7 Å². The zero-order chi connectivity index (χ0) is 17.0. The average Bonchev–Trinajstić information content (AvgIpc) is 2.96. The molecule has 1 amide bonds. The second-order valence-electron chi connectivity index (χ2n) is 5.47. The Balaban J connectivity index is 2.25. The van der Waals surface area contributed by atoms with Crippen LogP contribution in [0.5, 0.6) is 5.75 Å². The van der Waals surface area contributed by atoms with Crippen LogP contribution in [0.2, 0.25) is 0 Å². The lowest BCUT2D eigenvalue weighted by molar-refractivity contribution is 0.0624. The summed E-state index contributed by atoms with van der Waals surface area (Å²) in [6.07, 6.45) is 0.736. The van der Waals surface area contributed by atoms with Gasteiger partial charge >= 0.3 is 0 Å². The van der Waals surface area contributed by atoms with Crippen LogP contribution in [-0.2, 0) is 6.42 Å². The van der Waals surface area contributed by atoms with Crippen molar-refractivity contribution in [3.05, 3.63) is 53.0 Å². The highest BCUT2D eigenvalue weighted by Gasteiger charge is 2.26. The lowest BCUT2D eigenvalue weighted by Gasteiger charge is -2.26. The Morgan fingerprint density at radius 2 is 2.00 bits per heavy atom. The van der Waals surface area contributed by atoms with E-state index >= 15 is 0 Å². The molecule has 0 saturated heterocycles. The highest BCUT2D eigenvalue weighted by molar-refractivity contribution is 5.93. The highest BCUT2D eigenvalue weighted by Crippen LogP contribution is 2.25. The zero-order valence-corrected chi connectivity index (χ0v) is 14.0. The summed E-state index contributed by atoms with van der Waals surface area (Å²) in [5.41, 5.74) is 1.65. The van der Waals surface area contributed by atoms with Crippen LogP contribution >= 0.6 is 0 Å². The van der Waals surface area contributed by atoms with Gasteiger partial charge in [0.05, 0.1) is 19.8 Å². The molecule has 1 aromatic heterocycles. The minimum Gasteiger partial charge on any atom is -0.497 e. The number of carbonyl (C=O) groups is 1. The van der Waals surface area contributed by atoms with Crippen LogP contribution < -0.4 is 4.74 Å². The maximum absolute atomic E-state index is 12.7. The van der Waals surface area contributed by atoms with Crippen LogP contribution in [0, 0.1) is 6.92 Å². The third-order valence-corrected chi connectivity index (χ3v) is 3.97. The minimum absolute atomic E-state index is 0.172. The quantitative estimate of drug-likeness (QED) is 0.889. The Labute approximate surface area is 136 Å². The number of methoxy groups -OCH3 is 1. The SMILES string of the molecule is CCc1cc(C)c(C(=O)N(C)C(CO)c2ccc(OC)cc2)o1. The molecule has 0 aliphatic heterocycles. The molecule has 0 aliphatic carbocycles. The molecule has 0 spiro atoms. The monoisotopic (exact) mass is 317 g/mol. The molecule has 1 unspecified atom stereocenters. The third kappa shape index (κ3) is 3.56. The molecule has 0 fully saturated rings. The molecule has 124 valence electrons. The fourth-order valence-electron chi connectivity index (χ4n) is 2.51. The molecule has 2 aromatic rings. The van der Waals surface area contributed by atoms with Crippen molar-refractivity contribution in [1.82, 2.24) is 4.90 Å². The van der Waals surface area contributed by atoms with Crippen molar-refractivity contribution in [2.75, 3.05) is 20.8 Å². The number of amides is 1. The Bertz CT molecular complexity index is 660. The van der Waals surface area contributed by atoms with E-state index in [9.17, 15) is 9.90 Å². The predicted octanol–water partition coefficient (Wildman–Crippen LogP) is 2.96. The Morgan fingerprint density at radius 1 is 1.35 bits per heavy atom. The van der Waals surface area contributed by atoms with Gasteiger partial charge in [0.15, 0.2) is 5.76 Å². The minimum atomic E-state index is -0.442. The van der Waals surface area contributed by atoms with Crippen LogP contribution in [0.15, 0.2) is 34.7 Å².